The van der Waals surface area contributed by atoms with Crippen molar-refractivity contribution in [3.63, 3.8) is 0 Å². The zero-order chi connectivity index (χ0) is 50.7. The van der Waals surface area contributed by atoms with Crippen molar-refractivity contribution in [2.75, 3.05) is 40.5 Å². The molecule has 0 saturated carbocycles. The highest BCUT2D eigenvalue weighted by molar-refractivity contribution is 6.74. The van der Waals surface area contributed by atoms with E-state index < -0.39 is 67.5 Å². The number of likely N-dealkylation sites (N-methyl/N-ethyl adjacent to an activating group) is 1. The Morgan fingerprint density at radius 1 is 0.868 bits per heavy atom. The van der Waals surface area contributed by atoms with E-state index in [-0.39, 0.29) is 56.3 Å². The predicted octanol–water partition coefficient (Wildman–Crippen LogP) is 9.27. The van der Waals surface area contributed by atoms with Gasteiger partial charge in [-0.25, -0.2) is 9.59 Å². The fraction of sp³-hybridized carbons (Fsp3) is 0.547. The summed E-state index contributed by atoms with van der Waals surface area (Å²) in [7, 11) is 0.546. The predicted molar refractivity (Wildman–Crippen MR) is 265 cm³/mol. The third-order valence-electron chi connectivity index (χ3n) is 12.6. The monoisotopic (exact) mass is 958 g/mol. The number of benzene rings is 3. The molecule has 0 saturated heterocycles. The number of methoxy groups -OCH3 is 1. The Balaban J connectivity index is 1.89. The number of alkyl carbamates (subject to hydrolysis) is 1. The molecule has 3 amide bonds. The standard InChI is InChI=1S/C53H75N3O11Si/c1-15-24-64-46-21-18-37-31-41(46)40-29-36(17-20-45(40)65-26-23-54-51(62)67-52(5,6)7)30-42(50(61)63-12)55-48(59)35(4)28-44(58)47(37)56(11)49(60)38(22-25-66-68(13,14)53(8,9)10)32-43(57)39-19-16-33(2)27-34(39)3/h16-21,27,29,31,35,38,42,47H,15,22-26,28,30,32H2,1-14H3,(H,54,62)(H,55,59)/t35-,38-,42+,47+/m1/s1. The fourth-order valence-corrected chi connectivity index (χ4v) is 8.87. The van der Waals surface area contributed by atoms with Crippen LogP contribution in [-0.2, 0) is 39.5 Å². The van der Waals surface area contributed by atoms with Crippen LogP contribution < -0.4 is 20.1 Å². The molecule has 15 heteroatoms. The van der Waals surface area contributed by atoms with E-state index in [4.69, 9.17) is 23.4 Å². The molecule has 14 nitrogen and oxygen atoms in total. The van der Waals surface area contributed by atoms with E-state index in [9.17, 15) is 24.0 Å². The Kier molecular flexibility index (Phi) is 19.1. The number of fused-ring (bicyclic) bond motifs is 5. The molecule has 4 atom stereocenters. The third kappa shape index (κ3) is 15.0. The molecule has 2 N–H and O–H groups in total. The first-order valence-electron chi connectivity index (χ1n) is 23.7. The molecule has 0 fully saturated rings. The Morgan fingerprint density at radius 2 is 1.51 bits per heavy atom. The van der Waals surface area contributed by atoms with Crippen molar-refractivity contribution in [1.29, 1.82) is 0 Å². The van der Waals surface area contributed by atoms with Crippen LogP contribution in [0.3, 0.4) is 0 Å². The number of nitrogens with one attached hydrogen (secondary N) is 2. The summed E-state index contributed by atoms with van der Waals surface area (Å²) in [5.74, 6) is -3.17. The second kappa shape index (κ2) is 23.7. The lowest BCUT2D eigenvalue weighted by atomic mass is 9.88. The van der Waals surface area contributed by atoms with E-state index in [0.717, 1.165) is 11.1 Å². The summed E-state index contributed by atoms with van der Waals surface area (Å²) in [5.41, 5.74) is 3.82. The zero-order valence-electron chi connectivity index (χ0n) is 42.8. The molecule has 1 heterocycles. The SMILES string of the molecule is CCCOc1ccc2cc1-c1cc(ccc1OCCNC(=O)OC(C)(C)C)C[C@@H](C(=O)OC)NC(=O)[C@H](C)CC(=O)[C@H]2N(C)C(=O)[C@H](CCO[Si](C)(C)C(C)(C)C)CC(=O)c1ccc(C)cc1C. The number of carbonyl (C=O) groups excluding carboxylic acids is 6. The van der Waals surface area contributed by atoms with Gasteiger partial charge in [-0.15, -0.1) is 0 Å². The first-order chi connectivity index (χ1) is 31.8. The van der Waals surface area contributed by atoms with Gasteiger partial charge in [-0.3, -0.25) is 19.2 Å². The molecular weight excluding hydrogens is 883 g/mol. The summed E-state index contributed by atoms with van der Waals surface area (Å²) in [6.07, 6.45) is -0.0190. The highest BCUT2D eigenvalue weighted by atomic mass is 28.4. The van der Waals surface area contributed by atoms with Gasteiger partial charge in [0.05, 0.1) is 20.3 Å². The van der Waals surface area contributed by atoms with Gasteiger partial charge in [0.25, 0.3) is 0 Å². The molecule has 1 aliphatic rings. The number of Topliss-reactive ketones (excluding diaryl/α,β-unsaturated/α-hetero) is 2. The molecule has 0 unspecified atom stereocenters. The molecule has 3 aromatic carbocycles. The second-order valence-electron chi connectivity index (χ2n) is 20.5. The van der Waals surface area contributed by atoms with E-state index in [2.05, 4.69) is 44.5 Å². The van der Waals surface area contributed by atoms with Gasteiger partial charge in [-0.1, -0.05) is 70.5 Å². The largest absolute Gasteiger partial charge is 0.493 e. The number of rotatable bonds is 17. The molecule has 4 bridgehead atoms. The Hall–Kier alpha value is -5.54. The molecular formula is C53H75N3O11Si. The van der Waals surface area contributed by atoms with Crippen molar-refractivity contribution in [3.05, 3.63) is 82.4 Å². The molecule has 68 heavy (non-hydrogen) atoms. The Bertz CT molecular complexity index is 2300. The van der Waals surface area contributed by atoms with Gasteiger partial charge < -0.3 is 38.9 Å². The molecule has 3 aromatic rings. The number of ether oxygens (including phenoxy) is 4. The van der Waals surface area contributed by atoms with Crippen LogP contribution in [0, 0.1) is 25.7 Å². The molecule has 4 rings (SSSR count). The van der Waals surface area contributed by atoms with Crippen LogP contribution in [0.15, 0.2) is 54.6 Å². The van der Waals surface area contributed by atoms with Crippen molar-refractivity contribution >= 4 is 43.8 Å². The van der Waals surface area contributed by atoms with Gasteiger partial charge in [-0.05, 0) is 107 Å². The lowest BCUT2D eigenvalue weighted by Gasteiger charge is -2.37. The molecule has 1 aliphatic heterocycles. The topological polar surface area (TPSA) is 176 Å². The lowest BCUT2D eigenvalue weighted by molar-refractivity contribution is -0.146. The average Bonchev–Trinajstić information content (AvgIpc) is 3.25. The number of ketones is 2. The number of aryl methyl sites for hydroxylation is 2. The van der Waals surface area contributed by atoms with E-state index in [1.54, 1.807) is 71.1 Å². The summed E-state index contributed by atoms with van der Waals surface area (Å²) in [4.78, 5) is 85.1. The van der Waals surface area contributed by atoms with Crippen molar-refractivity contribution in [2.45, 2.75) is 137 Å². The first-order valence-corrected chi connectivity index (χ1v) is 26.6. The number of hydrogen-bond acceptors (Lipinski definition) is 11. The van der Waals surface area contributed by atoms with Crippen molar-refractivity contribution in [2.24, 2.45) is 11.8 Å². The van der Waals surface area contributed by atoms with Crippen LogP contribution in [0.5, 0.6) is 11.5 Å². The van der Waals surface area contributed by atoms with Crippen LogP contribution in [0.4, 0.5) is 4.79 Å². The summed E-state index contributed by atoms with van der Waals surface area (Å²) in [6, 6.07) is 13.9. The quantitative estimate of drug-likeness (QED) is 0.0571. The lowest BCUT2D eigenvalue weighted by Crippen LogP contribution is -2.46. The van der Waals surface area contributed by atoms with E-state index >= 15 is 4.79 Å². The van der Waals surface area contributed by atoms with Gasteiger partial charge in [-0.2, -0.15) is 0 Å². The number of esters is 1. The molecule has 372 valence electrons. The van der Waals surface area contributed by atoms with Crippen LogP contribution in [-0.4, -0.2) is 101 Å². The Labute approximate surface area is 404 Å². The maximum absolute atomic E-state index is 15.2. The van der Waals surface area contributed by atoms with Crippen molar-refractivity contribution < 1.29 is 52.1 Å². The first kappa shape index (κ1) is 55.1. The minimum absolute atomic E-state index is 0.0505. The average molecular weight is 958 g/mol. The van der Waals surface area contributed by atoms with Crippen LogP contribution >= 0.6 is 0 Å². The number of nitrogens with zero attached hydrogens (tertiary/aromatic N) is 1. The third-order valence-corrected chi connectivity index (χ3v) is 17.1. The minimum atomic E-state index is -2.25. The fourth-order valence-electron chi connectivity index (χ4n) is 7.81. The summed E-state index contributed by atoms with van der Waals surface area (Å²) >= 11 is 0. The van der Waals surface area contributed by atoms with Crippen LogP contribution in [0.1, 0.15) is 120 Å². The smallest absolute Gasteiger partial charge is 0.407 e. The molecule has 0 radical (unpaired) electrons. The molecule has 0 aliphatic carbocycles. The summed E-state index contributed by atoms with van der Waals surface area (Å²) in [6.45, 7) is 24.2. The summed E-state index contributed by atoms with van der Waals surface area (Å²) < 4.78 is 29.7. The van der Waals surface area contributed by atoms with Crippen molar-refractivity contribution in [1.82, 2.24) is 15.5 Å². The van der Waals surface area contributed by atoms with Gasteiger partial charge in [0, 0.05) is 61.4 Å². The second-order valence-corrected chi connectivity index (χ2v) is 25.3. The maximum atomic E-state index is 15.2. The highest BCUT2D eigenvalue weighted by Gasteiger charge is 2.39. The van der Waals surface area contributed by atoms with E-state index in [0.29, 0.717) is 52.3 Å². The molecule has 0 spiro atoms. The normalized spacial score (nSPS) is 17.2. The Morgan fingerprint density at radius 3 is 2.13 bits per heavy atom. The van der Waals surface area contributed by atoms with Gasteiger partial charge in [0.2, 0.25) is 11.8 Å². The van der Waals surface area contributed by atoms with Gasteiger partial charge in [0.1, 0.15) is 35.8 Å². The maximum Gasteiger partial charge on any atom is 0.407 e. The van der Waals surface area contributed by atoms with E-state index in [1.807, 2.05) is 39.0 Å². The van der Waals surface area contributed by atoms with Crippen molar-refractivity contribution in [3.8, 4) is 22.6 Å². The minimum Gasteiger partial charge on any atom is -0.493 e. The number of hydrogen-bond donors (Lipinski definition) is 2. The summed E-state index contributed by atoms with van der Waals surface area (Å²) in [5, 5.41) is 5.42. The zero-order valence-corrected chi connectivity index (χ0v) is 43.8. The van der Waals surface area contributed by atoms with Gasteiger partial charge in [0.15, 0.2) is 19.9 Å². The highest BCUT2D eigenvalue weighted by Crippen LogP contribution is 2.41. The van der Waals surface area contributed by atoms with Crippen LogP contribution in [0.25, 0.3) is 11.1 Å². The van der Waals surface area contributed by atoms with Crippen LogP contribution in [0.2, 0.25) is 18.1 Å². The van der Waals surface area contributed by atoms with Gasteiger partial charge >= 0.3 is 12.1 Å². The number of carbonyl (C=O) groups is 6. The number of amides is 3. The molecule has 0 aromatic heterocycles. The van der Waals surface area contributed by atoms with E-state index in [1.165, 1.54) is 12.0 Å².